The van der Waals surface area contributed by atoms with Crippen molar-refractivity contribution in [2.75, 3.05) is 6.61 Å². The molecule has 0 N–H and O–H groups in total. The van der Waals surface area contributed by atoms with Crippen LogP contribution in [0.3, 0.4) is 0 Å². The van der Waals surface area contributed by atoms with Gasteiger partial charge in [0.25, 0.3) is 5.56 Å². The second kappa shape index (κ2) is 6.32. The summed E-state index contributed by atoms with van der Waals surface area (Å²) in [5.74, 6) is -0.0835. The Morgan fingerprint density at radius 1 is 1.23 bits per heavy atom. The van der Waals surface area contributed by atoms with E-state index in [1.54, 1.807) is 17.4 Å². The number of esters is 1. The van der Waals surface area contributed by atoms with Crippen molar-refractivity contribution in [2.24, 2.45) is 7.05 Å². The lowest BCUT2D eigenvalue weighted by Crippen LogP contribution is -2.41. The first kappa shape index (κ1) is 17.7. The Morgan fingerprint density at radius 2 is 1.92 bits per heavy atom. The lowest BCUT2D eigenvalue weighted by molar-refractivity contribution is -0.143. The Balaban J connectivity index is 2.41. The highest BCUT2D eigenvalue weighted by molar-refractivity contribution is 5.77. The molecular weight excluding hydrogens is 338 g/mol. The molecule has 0 aliphatic heterocycles. The lowest BCUT2D eigenvalue weighted by Gasteiger charge is -2.08. The van der Waals surface area contributed by atoms with Gasteiger partial charge < -0.3 is 9.30 Å². The summed E-state index contributed by atoms with van der Waals surface area (Å²) in [6.07, 6.45) is 1.74. The van der Waals surface area contributed by atoms with Crippen molar-refractivity contribution in [1.29, 1.82) is 0 Å². The molecule has 26 heavy (non-hydrogen) atoms. The van der Waals surface area contributed by atoms with Gasteiger partial charge in [-0.05, 0) is 20.8 Å². The molecule has 0 saturated heterocycles. The number of allylic oxidation sites excluding steroid dienone is 1. The van der Waals surface area contributed by atoms with Gasteiger partial charge in [0.1, 0.15) is 6.54 Å². The third-order valence-corrected chi connectivity index (χ3v) is 4.53. The minimum Gasteiger partial charge on any atom is -0.465 e. The number of aromatic nitrogens is 5. The molecule has 0 atom stereocenters. The minimum atomic E-state index is -0.635. The van der Waals surface area contributed by atoms with E-state index >= 15 is 0 Å². The summed E-state index contributed by atoms with van der Waals surface area (Å²) >= 11 is 0. The molecule has 0 fully saturated rings. The molecule has 0 saturated carbocycles. The first-order valence-corrected chi connectivity index (χ1v) is 8.27. The van der Waals surface area contributed by atoms with Gasteiger partial charge in [0.05, 0.1) is 6.61 Å². The number of ether oxygens (including phenoxy) is 1. The number of rotatable bonds is 5. The number of carbonyl (C=O) groups excluding carboxylic acids is 1. The summed E-state index contributed by atoms with van der Waals surface area (Å²) in [6.45, 7) is 9.49. The molecule has 3 rings (SSSR count). The van der Waals surface area contributed by atoms with Crippen LogP contribution in [-0.4, -0.2) is 35.7 Å². The second-order valence-electron chi connectivity index (χ2n) is 6.03. The van der Waals surface area contributed by atoms with Crippen LogP contribution < -0.4 is 11.2 Å². The van der Waals surface area contributed by atoms with Crippen LogP contribution in [0.5, 0.6) is 0 Å². The van der Waals surface area contributed by atoms with Crippen LogP contribution in [0.15, 0.2) is 22.2 Å². The van der Waals surface area contributed by atoms with Crippen LogP contribution in [0.1, 0.15) is 18.3 Å². The van der Waals surface area contributed by atoms with Gasteiger partial charge in [-0.25, -0.2) is 9.36 Å². The lowest BCUT2D eigenvalue weighted by atomic mass is 10.3. The first-order chi connectivity index (χ1) is 12.3. The highest BCUT2D eigenvalue weighted by atomic mass is 16.5. The van der Waals surface area contributed by atoms with Gasteiger partial charge in [-0.2, -0.15) is 4.98 Å². The molecule has 0 aliphatic carbocycles. The van der Waals surface area contributed by atoms with Crippen LogP contribution in [0.4, 0.5) is 0 Å². The quantitative estimate of drug-likeness (QED) is 0.489. The van der Waals surface area contributed by atoms with Gasteiger partial charge in [0.15, 0.2) is 11.2 Å². The SMILES string of the molecule is C=CCn1c(C)c(C)n2c3c(=O)n(CC(=O)OCC)c(=O)n(C)c3nc12. The Hall–Kier alpha value is -3.10. The highest BCUT2D eigenvalue weighted by Gasteiger charge is 2.23. The average molecular weight is 359 g/mol. The van der Waals surface area contributed by atoms with Crippen molar-refractivity contribution < 1.29 is 9.53 Å². The van der Waals surface area contributed by atoms with Gasteiger partial charge in [-0.15, -0.1) is 6.58 Å². The smallest absolute Gasteiger partial charge is 0.333 e. The standard InChI is InChI=1S/C17H21N5O4/c1-6-8-20-10(3)11(4)22-13-14(18-16(20)22)19(5)17(25)21(15(13)24)9-12(23)26-7-2/h6H,1,7-9H2,2-5H3. The number of fused-ring (bicyclic) bond motifs is 3. The van der Waals surface area contributed by atoms with E-state index in [4.69, 9.17) is 4.74 Å². The zero-order valence-corrected chi connectivity index (χ0v) is 15.3. The van der Waals surface area contributed by atoms with Crippen molar-refractivity contribution in [3.8, 4) is 0 Å². The molecule has 3 heterocycles. The first-order valence-electron chi connectivity index (χ1n) is 8.27. The molecule has 0 aliphatic rings. The van der Waals surface area contributed by atoms with Crippen molar-refractivity contribution in [2.45, 2.75) is 33.9 Å². The fourth-order valence-electron chi connectivity index (χ4n) is 3.14. The van der Waals surface area contributed by atoms with E-state index in [0.29, 0.717) is 12.3 Å². The Morgan fingerprint density at radius 3 is 2.54 bits per heavy atom. The zero-order valence-electron chi connectivity index (χ0n) is 15.3. The number of nitrogens with zero attached hydrogens (tertiary/aromatic N) is 5. The summed E-state index contributed by atoms with van der Waals surface area (Å²) in [5, 5.41) is 0. The Kier molecular flexibility index (Phi) is 4.31. The zero-order chi connectivity index (χ0) is 19.2. The Bertz CT molecular complexity index is 1160. The minimum absolute atomic E-state index is 0.176. The summed E-state index contributed by atoms with van der Waals surface area (Å²) in [5.41, 5.74) is 1.14. The number of imidazole rings is 2. The third kappa shape index (κ3) is 2.39. The second-order valence-corrected chi connectivity index (χ2v) is 6.03. The molecule has 0 aromatic carbocycles. The Labute approximate surface area is 148 Å². The molecule has 138 valence electrons. The molecule has 0 bridgehead atoms. The average Bonchev–Trinajstić information content (AvgIpc) is 3.09. The monoisotopic (exact) mass is 359 g/mol. The molecule has 9 nitrogen and oxygen atoms in total. The maximum atomic E-state index is 13.0. The molecule has 0 spiro atoms. The topological polar surface area (TPSA) is 92.5 Å². The fraction of sp³-hybridized carbons (Fsp3) is 0.412. The van der Waals surface area contributed by atoms with Crippen LogP contribution in [0.25, 0.3) is 16.9 Å². The summed E-state index contributed by atoms with van der Waals surface area (Å²) < 4.78 is 10.7. The molecule has 3 aromatic rings. The van der Waals surface area contributed by atoms with E-state index in [0.717, 1.165) is 16.0 Å². The van der Waals surface area contributed by atoms with Crippen molar-refractivity contribution in [3.05, 3.63) is 44.9 Å². The van der Waals surface area contributed by atoms with Crippen molar-refractivity contribution in [1.82, 2.24) is 23.1 Å². The summed E-state index contributed by atoms with van der Waals surface area (Å²) in [7, 11) is 1.53. The van der Waals surface area contributed by atoms with Gasteiger partial charge in [-0.1, -0.05) is 6.08 Å². The number of carbonyl (C=O) groups is 1. The molecule has 3 aromatic heterocycles. The maximum Gasteiger partial charge on any atom is 0.333 e. The number of aryl methyl sites for hydroxylation is 2. The van der Waals surface area contributed by atoms with E-state index in [2.05, 4.69) is 11.6 Å². The van der Waals surface area contributed by atoms with Gasteiger partial charge in [0.2, 0.25) is 5.78 Å². The van der Waals surface area contributed by atoms with Gasteiger partial charge in [-0.3, -0.25) is 18.6 Å². The third-order valence-electron chi connectivity index (χ3n) is 4.53. The molecule has 0 radical (unpaired) electrons. The summed E-state index contributed by atoms with van der Waals surface area (Å²) in [4.78, 5) is 41.9. The largest absolute Gasteiger partial charge is 0.465 e. The van der Waals surface area contributed by atoms with Crippen molar-refractivity contribution in [3.63, 3.8) is 0 Å². The van der Waals surface area contributed by atoms with Crippen LogP contribution >= 0.6 is 0 Å². The van der Waals surface area contributed by atoms with E-state index in [1.807, 2.05) is 18.4 Å². The fourth-order valence-corrected chi connectivity index (χ4v) is 3.14. The molecule has 0 amide bonds. The van der Waals surface area contributed by atoms with Crippen LogP contribution in [-0.2, 0) is 29.7 Å². The number of hydrogen-bond acceptors (Lipinski definition) is 5. The highest BCUT2D eigenvalue weighted by Crippen LogP contribution is 2.20. The molecule has 9 heteroatoms. The van der Waals surface area contributed by atoms with Gasteiger partial charge >= 0.3 is 11.7 Å². The van der Waals surface area contributed by atoms with E-state index < -0.39 is 23.8 Å². The van der Waals surface area contributed by atoms with E-state index in [9.17, 15) is 14.4 Å². The van der Waals surface area contributed by atoms with Crippen LogP contribution in [0, 0.1) is 13.8 Å². The van der Waals surface area contributed by atoms with E-state index in [-0.39, 0.29) is 17.8 Å². The molecular formula is C17H21N5O4. The maximum absolute atomic E-state index is 13.0. The van der Waals surface area contributed by atoms with Crippen molar-refractivity contribution >= 4 is 22.9 Å². The number of hydrogen-bond donors (Lipinski definition) is 0. The normalized spacial score (nSPS) is 11.4. The van der Waals surface area contributed by atoms with E-state index in [1.165, 1.54) is 11.6 Å². The predicted molar refractivity (Wildman–Crippen MR) is 96.5 cm³/mol. The molecule has 0 unspecified atom stereocenters. The van der Waals surface area contributed by atoms with Gasteiger partial charge in [0, 0.05) is 25.0 Å². The summed E-state index contributed by atoms with van der Waals surface area (Å²) in [6, 6.07) is 0. The predicted octanol–water partition coefficient (Wildman–Crippen LogP) is 0.515. The van der Waals surface area contributed by atoms with Crippen LogP contribution in [0.2, 0.25) is 0 Å².